The molecule has 1 fully saturated rings. The van der Waals surface area contributed by atoms with E-state index in [1.807, 2.05) is 12.1 Å². The number of hydrogen-bond donors (Lipinski definition) is 2. The molecule has 6 nitrogen and oxygen atoms in total. The summed E-state index contributed by atoms with van der Waals surface area (Å²) < 4.78 is 2.30. The molecule has 1 aliphatic carbocycles. The topological polar surface area (TPSA) is 93.5 Å². The predicted octanol–water partition coefficient (Wildman–Crippen LogP) is 5.08. The Kier molecular flexibility index (Phi) is 5.47. The number of halogens is 1. The first-order valence-electron chi connectivity index (χ1n) is 9.86. The van der Waals surface area contributed by atoms with Crippen LogP contribution in [0.5, 0.6) is 0 Å². The molecule has 2 heterocycles. The molecule has 0 amide bonds. The minimum atomic E-state index is -0.747. The Labute approximate surface area is 183 Å². The van der Waals surface area contributed by atoms with Gasteiger partial charge in [-0.1, -0.05) is 36.9 Å². The van der Waals surface area contributed by atoms with Crippen molar-refractivity contribution < 1.29 is 9.90 Å². The van der Waals surface area contributed by atoms with E-state index in [0.717, 1.165) is 34.4 Å². The summed E-state index contributed by atoms with van der Waals surface area (Å²) in [5, 5.41) is 13.8. The zero-order valence-corrected chi connectivity index (χ0v) is 18.3. The van der Waals surface area contributed by atoms with Crippen molar-refractivity contribution in [1.29, 1.82) is 0 Å². The molecule has 0 bridgehead atoms. The highest BCUT2D eigenvalue weighted by atomic mass is 79.9. The van der Waals surface area contributed by atoms with Gasteiger partial charge in [0.05, 0.1) is 22.3 Å². The number of aromatic nitrogens is 3. The van der Waals surface area contributed by atoms with Gasteiger partial charge < -0.3 is 10.8 Å². The Balaban J connectivity index is 1.83. The molecule has 1 aromatic carbocycles. The highest BCUT2D eigenvalue weighted by Gasteiger charge is 2.33. The van der Waals surface area contributed by atoms with Crippen molar-refractivity contribution in [3.63, 3.8) is 0 Å². The summed E-state index contributed by atoms with van der Waals surface area (Å²) in [6.07, 6.45) is 7.59. The van der Waals surface area contributed by atoms with Crippen molar-refractivity contribution in [1.82, 2.24) is 14.6 Å². The lowest BCUT2D eigenvalue weighted by Crippen LogP contribution is -2.11. The SMILES string of the molecule is C=C/C(=C\c1ccccc1C)c1cnn2c(N)c(Br)c(C3CCC(C(=O)O)C3)nc12. The number of nitrogen functional groups attached to an aromatic ring is 1. The van der Waals surface area contributed by atoms with E-state index < -0.39 is 5.97 Å². The maximum absolute atomic E-state index is 11.4. The number of carboxylic acids is 1. The average molecular weight is 467 g/mol. The molecule has 0 radical (unpaired) electrons. The van der Waals surface area contributed by atoms with Gasteiger partial charge >= 0.3 is 5.97 Å². The van der Waals surface area contributed by atoms with E-state index in [4.69, 9.17) is 10.7 Å². The second-order valence-electron chi connectivity index (χ2n) is 7.70. The Morgan fingerprint density at radius 1 is 1.37 bits per heavy atom. The molecular weight excluding hydrogens is 444 g/mol. The third-order valence-electron chi connectivity index (χ3n) is 5.85. The summed E-state index contributed by atoms with van der Waals surface area (Å²) in [6.45, 7) is 6.04. The number of rotatable bonds is 5. The van der Waals surface area contributed by atoms with Crippen LogP contribution in [-0.4, -0.2) is 25.7 Å². The third-order valence-corrected chi connectivity index (χ3v) is 6.66. The number of nitrogens with zero attached hydrogens (tertiary/aromatic N) is 3. The first kappa shape index (κ1) is 20.3. The Morgan fingerprint density at radius 2 is 2.13 bits per heavy atom. The normalized spacial score (nSPS) is 19.3. The molecule has 0 spiro atoms. The fourth-order valence-electron chi connectivity index (χ4n) is 4.10. The molecule has 2 aromatic heterocycles. The van der Waals surface area contributed by atoms with Crippen molar-refractivity contribution in [3.8, 4) is 0 Å². The smallest absolute Gasteiger partial charge is 0.306 e. The second-order valence-corrected chi connectivity index (χ2v) is 8.49. The Bertz CT molecular complexity index is 1180. The van der Waals surface area contributed by atoms with Crippen LogP contribution < -0.4 is 5.73 Å². The molecule has 2 atom stereocenters. The molecule has 4 rings (SSSR count). The van der Waals surface area contributed by atoms with Crippen LogP contribution in [0.2, 0.25) is 0 Å². The number of allylic oxidation sites excluding steroid dienone is 2. The summed E-state index contributed by atoms with van der Waals surface area (Å²) in [6, 6.07) is 8.12. The van der Waals surface area contributed by atoms with E-state index in [-0.39, 0.29) is 11.8 Å². The molecule has 7 heteroatoms. The lowest BCUT2D eigenvalue weighted by atomic mass is 10.0. The number of anilines is 1. The Hall–Kier alpha value is -2.93. The molecule has 3 aromatic rings. The summed E-state index contributed by atoms with van der Waals surface area (Å²) >= 11 is 3.56. The quantitative estimate of drug-likeness (QED) is 0.511. The fraction of sp³-hybridized carbons (Fsp3) is 0.261. The molecular formula is C23H23BrN4O2. The van der Waals surface area contributed by atoms with Gasteiger partial charge in [0.25, 0.3) is 0 Å². The fourth-order valence-corrected chi connectivity index (χ4v) is 4.68. The molecule has 30 heavy (non-hydrogen) atoms. The van der Waals surface area contributed by atoms with Crippen LogP contribution in [0.4, 0.5) is 5.82 Å². The van der Waals surface area contributed by atoms with Gasteiger partial charge in [-0.05, 0) is 64.9 Å². The summed E-state index contributed by atoms with van der Waals surface area (Å²) in [5.74, 6) is -0.583. The number of benzene rings is 1. The maximum atomic E-state index is 11.4. The van der Waals surface area contributed by atoms with E-state index in [0.29, 0.717) is 28.8 Å². The number of aliphatic carboxylic acids is 1. The molecule has 0 aliphatic heterocycles. The third kappa shape index (κ3) is 3.54. The van der Waals surface area contributed by atoms with Gasteiger partial charge in [-0.2, -0.15) is 9.61 Å². The number of nitrogens with two attached hydrogens (primary N) is 1. The first-order valence-corrected chi connectivity index (χ1v) is 10.7. The Morgan fingerprint density at radius 3 is 2.80 bits per heavy atom. The van der Waals surface area contributed by atoms with Gasteiger partial charge in [0.15, 0.2) is 5.65 Å². The van der Waals surface area contributed by atoms with Crippen molar-refractivity contribution in [3.05, 3.63) is 70.0 Å². The molecule has 154 valence electrons. The van der Waals surface area contributed by atoms with Gasteiger partial charge in [0.2, 0.25) is 0 Å². The number of carbonyl (C=O) groups is 1. The minimum Gasteiger partial charge on any atom is -0.481 e. The van der Waals surface area contributed by atoms with Crippen LogP contribution in [0, 0.1) is 12.8 Å². The second kappa shape index (κ2) is 8.07. The van der Waals surface area contributed by atoms with Gasteiger partial charge in [-0.3, -0.25) is 4.79 Å². The number of hydrogen-bond acceptors (Lipinski definition) is 4. The highest BCUT2D eigenvalue weighted by Crippen LogP contribution is 2.42. The van der Waals surface area contributed by atoms with Crippen LogP contribution in [0.15, 0.2) is 47.6 Å². The van der Waals surface area contributed by atoms with Crippen LogP contribution in [-0.2, 0) is 4.79 Å². The van der Waals surface area contributed by atoms with Crippen molar-refractivity contribution in [2.24, 2.45) is 5.92 Å². The van der Waals surface area contributed by atoms with Crippen LogP contribution in [0.3, 0.4) is 0 Å². The monoisotopic (exact) mass is 466 g/mol. The summed E-state index contributed by atoms with van der Waals surface area (Å²) in [7, 11) is 0. The van der Waals surface area contributed by atoms with E-state index in [9.17, 15) is 9.90 Å². The lowest BCUT2D eigenvalue weighted by molar-refractivity contribution is -0.141. The molecule has 2 unspecified atom stereocenters. The van der Waals surface area contributed by atoms with Crippen molar-refractivity contribution in [2.75, 3.05) is 5.73 Å². The minimum absolute atomic E-state index is 0.0445. The zero-order chi connectivity index (χ0) is 21.4. The van der Waals surface area contributed by atoms with Gasteiger partial charge in [0.1, 0.15) is 5.82 Å². The van der Waals surface area contributed by atoms with E-state index in [1.54, 1.807) is 16.8 Å². The van der Waals surface area contributed by atoms with Gasteiger partial charge in [-0.25, -0.2) is 4.98 Å². The van der Waals surface area contributed by atoms with E-state index in [2.05, 4.69) is 52.7 Å². The zero-order valence-electron chi connectivity index (χ0n) is 16.7. The summed E-state index contributed by atoms with van der Waals surface area (Å²) in [5.41, 5.74) is 11.8. The van der Waals surface area contributed by atoms with Crippen LogP contribution >= 0.6 is 15.9 Å². The molecule has 1 aliphatic rings. The maximum Gasteiger partial charge on any atom is 0.306 e. The standard InChI is InChI=1S/C23H23BrN4O2/c1-3-14(10-15-7-5-4-6-13(15)2)18-12-26-28-21(25)19(24)20(27-22(18)28)16-8-9-17(11-16)23(29)30/h3-7,10,12,16-17H,1,8-9,11,25H2,2H3,(H,29,30)/b14-10+. The van der Waals surface area contributed by atoms with Crippen molar-refractivity contribution >= 4 is 45.0 Å². The van der Waals surface area contributed by atoms with Crippen molar-refractivity contribution in [2.45, 2.75) is 32.1 Å². The van der Waals surface area contributed by atoms with Gasteiger partial charge in [-0.15, -0.1) is 0 Å². The largest absolute Gasteiger partial charge is 0.481 e. The number of aryl methyl sites for hydroxylation is 1. The molecule has 3 N–H and O–H groups in total. The number of fused-ring (bicyclic) bond motifs is 1. The van der Waals surface area contributed by atoms with Crippen LogP contribution in [0.25, 0.3) is 17.3 Å². The number of carboxylic acid groups (broad SMARTS) is 1. The first-order chi connectivity index (χ1) is 14.4. The van der Waals surface area contributed by atoms with E-state index >= 15 is 0 Å². The lowest BCUT2D eigenvalue weighted by Gasteiger charge is -2.14. The summed E-state index contributed by atoms with van der Waals surface area (Å²) in [4.78, 5) is 16.3. The molecule has 0 saturated heterocycles. The molecule has 1 saturated carbocycles. The van der Waals surface area contributed by atoms with E-state index in [1.165, 1.54) is 0 Å². The van der Waals surface area contributed by atoms with Gasteiger partial charge in [0, 0.05) is 11.5 Å². The predicted molar refractivity (Wildman–Crippen MR) is 122 cm³/mol. The average Bonchev–Trinajstić information content (AvgIpc) is 3.38. The highest BCUT2D eigenvalue weighted by molar-refractivity contribution is 9.10. The van der Waals surface area contributed by atoms with Crippen LogP contribution in [0.1, 0.15) is 47.6 Å².